The van der Waals surface area contributed by atoms with Gasteiger partial charge in [0.25, 0.3) is 5.95 Å². The summed E-state index contributed by atoms with van der Waals surface area (Å²) in [5.41, 5.74) is 1.23. The van der Waals surface area contributed by atoms with Crippen molar-refractivity contribution in [2.24, 2.45) is 7.05 Å². The number of urea groups is 1. The molecule has 1 aromatic carbocycles. The number of tetrazole rings is 1. The van der Waals surface area contributed by atoms with Crippen LogP contribution in [-0.4, -0.2) is 45.4 Å². The number of benzene rings is 1. The molecular weight excluding hydrogens is 282 g/mol. The standard InChI is InChI=1S/C14H19N7O/c1-20-18-13(17-19-20)16-14(22)15-11-7-9-21(10-8-11)12-5-3-2-4-6-12/h2-6,11H,7-10H2,1H3,(H2,15,16,18,22). The first kappa shape index (κ1) is 14.3. The van der Waals surface area contributed by atoms with E-state index >= 15 is 0 Å². The summed E-state index contributed by atoms with van der Waals surface area (Å²) in [5, 5.41) is 16.8. The number of rotatable bonds is 3. The highest BCUT2D eigenvalue weighted by atomic mass is 16.2. The molecule has 0 bridgehead atoms. The Bertz CT molecular complexity index is 619. The van der Waals surface area contributed by atoms with Crippen LogP contribution in [0.4, 0.5) is 16.4 Å². The first-order chi connectivity index (χ1) is 10.7. The van der Waals surface area contributed by atoms with Gasteiger partial charge in [0.2, 0.25) is 0 Å². The van der Waals surface area contributed by atoms with Crippen LogP contribution in [0.25, 0.3) is 0 Å². The van der Waals surface area contributed by atoms with E-state index in [-0.39, 0.29) is 18.0 Å². The summed E-state index contributed by atoms with van der Waals surface area (Å²) in [6.45, 7) is 1.86. The van der Waals surface area contributed by atoms with Gasteiger partial charge in [0.05, 0.1) is 7.05 Å². The van der Waals surface area contributed by atoms with E-state index in [0.717, 1.165) is 25.9 Å². The average Bonchev–Trinajstić information content (AvgIpc) is 2.94. The Hall–Kier alpha value is -2.64. The highest BCUT2D eigenvalue weighted by Crippen LogP contribution is 2.19. The van der Waals surface area contributed by atoms with Gasteiger partial charge in [-0.15, -0.1) is 5.10 Å². The molecule has 0 aliphatic carbocycles. The highest BCUT2D eigenvalue weighted by Gasteiger charge is 2.21. The summed E-state index contributed by atoms with van der Waals surface area (Å²) in [6.07, 6.45) is 1.83. The number of nitrogens with zero attached hydrogens (tertiary/aromatic N) is 5. The maximum absolute atomic E-state index is 11.9. The maximum atomic E-state index is 11.9. The van der Waals surface area contributed by atoms with Crippen molar-refractivity contribution >= 4 is 17.7 Å². The molecule has 2 amide bonds. The molecule has 0 spiro atoms. The van der Waals surface area contributed by atoms with Crippen LogP contribution in [-0.2, 0) is 7.05 Å². The van der Waals surface area contributed by atoms with E-state index in [1.54, 1.807) is 7.05 Å². The smallest absolute Gasteiger partial charge is 0.321 e. The lowest BCUT2D eigenvalue weighted by atomic mass is 10.0. The SMILES string of the molecule is Cn1nnc(NC(=O)NC2CCN(c3ccccc3)CC2)n1. The number of carbonyl (C=O) groups is 1. The van der Waals surface area contributed by atoms with E-state index in [1.165, 1.54) is 10.5 Å². The lowest BCUT2D eigenvalue weighted by Crippen LogP contribution is -2.46. The predicted molar refractivity (Wildman–Crippen MR) is 82.6 cm³/mol. The van der Waals surface area contributed by atoms with Gasteiger partial charge in [-0.2, -0.15) is 4.80 Å². The fourth-order valence-electron chi connectivity index (χ4n) is 2.58. The molecule has 1 saturated heterocycles. The molecule has 1 fully saturated rings. The zero-order chi connectivity index (χ0) is 15.4. The molecule has 1 aliphatic heterocycles. The number of para-hydroxylation sites is 1. The number of hydrogen-bond acceptors (Lipinski definition) is 5. The Morgan fingerprint density at radius 1 is 1.23 bits per heavy atom. The summed E-state index contributed by atoms with van der Waals surface area (Å²) in [5.74, 6) is 0.210. The predicted octanol–water partition coefficient (Wildman–Crippen LogP) is 1.00. The number of aryl methyl sites for hydroxylation is 1. The zero-order valence-corrected chi connectivity index (χ0v) is 12.4. The number of amides is 2. The largest absolute Gasteiger partial charge is 0.371 e. The molecule has 2 N–H and O–H groups in total. The lowest BCUT2D eigenvalue weighted by Gasteiger charge is -2.33. The van der Waals surface area contributed by atoms with Crippen LogP contribution in [0, 0.1) is 0 Å². The van der Waals surface area contributed by atoms with Crippen LogP contribution in [0.5, 0.6) is 0 Å². The van der Waals surface area contributed by atoms with Gasteiger partial charge >= 0.3 is 6.03 Å². The van der Waals surface area contributed by atoms with Gasteiger partial charge < -0.3 is 10.2 Å². The Balaban J connectivity index is 1.46. The third-order valence-electron chi connectivity index (χ3n) is 3.69. The number of piperidine rings is 1. The molecule has 8 nitrogen and oxygen atoms in total. The van der Waals surface area contributed by atoms with Crippen molar-refractivity contribution in [1.29, 1.82) is 0 Å². The van der Waals surface area contributed by atoms with Crippen molar-refractivity contribution in [1.82, 2.24) is 25.5 Å². The Kier molecular flexibility index (Phi) is 4.17. The van der Waals surface area contributed by atoms with Crippen LogP contribution in [0.1, 0.15) is 12.8 Å². The Morgan fingerprint density at radius 3 is 2.59 bits per heavy atom. The molecular formula is C14H19N7O. The molecule has 2 aromatic rings. The number of nitrogens with one attached hydrogen (secondary N) is 2. The van der Waals surface area contributed by atoms with Crippen molar-refractivity contribution in [2.75, 3.05) is 23.3 Å². The van der Waals surface area contributed by atoms with Crippen LogP contribution < -0.4 is 15.5 Å². The van der Waals surface area contributed by atoms with Crippen LogP contribution in [0.3, 0.4) is 0 Å². The molecule has 3 rings (SSSR count). The summed E-state index contributed by atoms with van der Waals surface area (Å²) < 4.78 is 0. The van der Waals surface area contributed by atoms with Crippen LogP contribution in [0.2, 0.25) is 0 Å². The molecule has 0 saturated carbocycles. The number of carbonyl (C=O) groups excluding carboxylic acids is 1. The topological polar surface area (TPSA) is 88.0 Å². The molecule has 116 valence electrons. The highest BCUT2D eigenvalue weighted by molar-refractivity contribution is 5.87. The summed E-state index contributed by atoms with van der Waals surface area (Å²) >= 11 is 0. The van der Waals surface area contributed by atoms with Gasteiger partial charge in [-0.3, -0.25) is 5.32 Å². The molecule has 0 unspecified atom stereocenters. The van der Waals surface area contributed by atoms with Crippen molar-refractivity contribution in [3.8, 4) is 0 Å². The minimum Gasteiger partial charge on any atom is -0.371 e. The van der Waals surface area contributed by atoms with E-state index in [9.17, 15) is 4.79 Å². The fraction of sp³-hybridized carbons (Fsp3) is 0.429. The molecule has 1 aromatic heterocycles. The molecule has 0 radical (unpaired) electrons. The van der Waals surface area contributed by atoms with Crippen LogP contribution >= 0.6 is 0 Å². The number of hydrogen-bond donors (Lipinski definition) is 2. The first-order valence-corrected chi connectivity index (χ1v) is 7.32. The van der Waals surface area contributed by atoms with Crippen molar-refractivity contribution in [2.45, 2.75) is 18.9 Å². The third-order valence-corrected chi connectivity index (χ3v) is 3.69. The monoisotopic (exact) mass is 301 g/mol. The average molecular weight is 301 g/mol. The summed E-state index contributed by atoms with van der Waals surface area (Å²) in [4.78, 5) is 15.5. The number of aromatic nitrogens is 4. The van der Waals surface area contributed by atoms with Gasteiger partial charge in [0, 0.05) is 24.8 Å². The zero-order valence-electron chi connectivity index (χ0n) is 12.4. The first-order valence-electron chi connectivity index (χ1n) is 7.32. The van der Waals surface area contributed by atoms with E-state index in [0.29, 0.717) is 0 Å². The Morgan fingerprint density at radius 2 is 1.95 bits per heavy atom. The maximum Gasteiger partial charge on any atom is 0.321 e. The van der Waals surface area contributed by atoms with E-state index in [1.807, 2.05) is 18.2 Å². The second-order valence-corrected chi connectivity index (χ2v) is 5.30. The summed E-state index contributed by atoms with van der Waals surface area (Å²) in [7, 11) is 1.65. The second kappa shape index (κ2) is 6.42. The second-order valence-electron chi connectivity index (χ2n) is 5.30. The molecule has 1 aliphatic rings. The van der Waals surface area contributed by atoms with E-state index in [4.69, 9.17) is 0 Å². The van der Waals surface area contributed by atoms with Gasteiger partial charge in [0.1, 0.15) is 0 Å². The van der Waals surface area contributed by atoms with Crippen LogP contribution in [0.15, 0.2) is 30.3 Å². The third kappa shape index (κ3) is 3.51. The molecule has 0 atom stereocenters. The minimum atomic E-state index is -0.286. The minimum absolute atomic E-state index is 0.164. The van der Waals surface area contributed by atoms with Crippen molar-refractivity contribution in [3.63, 3.8) is 0 Å². The summed E-state index contributed by atoms with van der Waals surface area (Å²) in [6, 6.07) is 10.2. The van der Waals surface area contributed by atoms with E-state index < -0.39 is 0 Å². The van der Waals surface area contributed by atoms with Gasteiger partial charge in [0.15, 0.2) is 0 Å². The molecule has 22 heavy (non-hydrogen) atoms. The van der Waals surface area contributed by atoms with Gasteiger partial charge in [-0.25, -0.2) is 4.79 Å². The quantitative estimate of drug-likeness (QED) is 0.883. The molecule has 8 heteroatoms. The van der Waals surface area contributed by atoms with Gasteiger partial charge in [-0.1, -0.05) is 23.3 Å². The normalized spacial score (nSPS) is 15.6. The number of anilines is 2. The van der Waals surface area contributed by atoms with Crippen molar-refractivity contribution in [3.05, 3.63) is 30.3 Å². The van der Waals surface area contributed by atoms with Crippen molar-refractivity contribution < 1.29 is 4.79 Å². The van der Waals surface area contributed by atoms with Gasteiger partial charge in [-0.05, 0) is 30.2 Å². The van der Waals surface area contributed by atoms with E-state index in [2.05, 4.69) is 43.1 Å². The molecule has 2 heterocycles. The Labute approximate surface area is 128 Å². The fourth-order valence-corrected chi connectivity index (χ4v) is 2.58. The lowest BCUT2D eigenvalue weighted by molar-refractivity contribution is 0.246.